The molecule has 216 valence electrons. The minimum absolute atomic E-state index is 0.0132. The molecular weight excluding hydrogens is 555 g/mol. The number of nitrogens with zero attached hydrogens (tertiary/aromatic N) is 4. The molecule has 42 heavy (non-hydrogen) atoms. The lowest BCUT2D eigenvalue weighted by molar-refractivity contribution is -0.126. The number of aromatic hydroxyl groups is 1. The molecule has 0 radical (unpaired) electrons. The minimum Gasteiger partial charge on any atom is -0.507 e. The summed E-state index contributed by atoms with van der Waals surface area (Å²) in [7, 11) is 0. The number of carbonyl (C=O) groups is 1. The second-order valence-corrected chi connectivity index (χ2v) is 11.5. The van der Waals surface area contributed by atoms with Gasteiger partial charge in [-0.3, -0.25) is 14.2 Å². The Balaban J connectivity index is 1.83. The number of fused-ring (bicyclic) bond motifs is 1. The van der Waals surface area contributed by atoms with Gasteiger partial charge in [-0.05, 0) is 49.2 Å². The average molecular weight is 587 g/mol. The maximum Gasteiger partial charge on any atom is 0.271 e. The summed E-state index contributed by atoms with van der Waals surface area (Å²) in [5, 5.41) is 21.9. The van der Waals surface area contributed by atoms with Crippen LogP contribution in [0.5, 0.6) is 5.75 Å². The molecule has 1 fully saturated rings. The SMILES string of the molecule is C=CC(=O)N1CCN(c2c(C#N)c(=O)n(C3C=CC=CC3C(C)C)c3cc(-c4cc(F)ccc4O)c(Cl)cc23)[C@@H](C)C1. The quantitative estimate of drug-likeness (QED) is 0.360. The molecule has 5 rings (SSSR count). The van der Waals surface area contributed by atoms with Gasteiger partial charge in [0.05, 0.1) is 17.2 Å². The number of pyridine rings is 1. The third-order valence-corrected chi connectivity index (χ3v) is 8.56. The number of phenols is 1. The topological polar surface area (TPSA) is 89.6 Å². The molecule has 9 heteroatoms. The van der Waals surface area contributed by atoms with E-state index in [0.717, 1.165) is 6.07 Å². The molecule has 1 aromatic heterocycles. The number of nitriles is 1. The third-order valence-electron chi connectivity index (χ3n) is 8.25. The number of anilines is 1. The van der Waals surface area contributed by atoms with Gasteiger partial charge in [0.2, 0.25) is 5.91 Å². The first-order valence-electron chi connectivity index (χ1n) is 13.9. The van der Waals surface area contributed by atoms with Crippen LogP contribution in [0.25, 0.3) is 22.0 Å². The highest BCUT2D eigenvalue weighted by Gasteiger charge is 2.33. The zero-order chi connectivity index (χ0) is 30.3. The molecule has 1 saturated heterocycles. The van der Waals surface area contributed by atoms with Crippen LogP contribution >= 0.6 is 11.6 Å². The third kappa shape index (κ3) is 4.99. The zero-order valence-electron chi connectivity index (χ0n) is 23.7. The van der Waals surface area contributed by atoms with Crippen molar-refractivity contribution in [3.05, 3.63) is 94.0 Å². The highest BCUT2D eigenvalue weighted by molar-refractivity contribution is 6.34. The molecule has 3 aromatic rings. The van der Waals surface area contributed by atoms with Gasteiger partial charge in [0, 0.05) is 53.1 Å². The number of rotatable bonds is 5. The van der Waals surface area contributed by atoms with Gasteiger partial charge < -0.3 is 14.9 Å². The number of hydrogen-bond donors (Lipinski definition) is 1. The van der Waals surface area contributed by atoms with Crippen molar-refractivity contribution in [2.24, 2.45) is 11.8 Å². The lowest BCUT2D eigenvalue weighted by Gasteiger charge is -2.42. The number of allylic oxidation sites excluding steroid dienone is 4. The Morgan fingerprint density at radius 3 is 2.60 bits per heavy atom. The van der Waals surface area contributed by atoms with E-state index in [4.69, 9.17) is 11.6 Å². The predicted octanol–water partition coefficient (Wildman–Crippen LogP) is 6.20. The monoisotopic (exact) mass is 586 g/mol. The van der Waals surface area contributed by atoms with Gasteiger partial charge in [0.1, 0.15) is 23.2 Å². The van der Waals surface area contributed by atoms with Crippen LogP contribution in [-0.4, -0.2) is 46.2 Å². The average Bonchev–Trinajstić information content (AvgIpc) is 2.97. The summed E-state index contributed by atoms with van der Waals surface area (Å²) >= 11 is 6.83. The summed E-state index contributed by atoms with van der Waals surface area (Å²) in [4.78, 5) is 30.4. The molecule has 7 nitrogen and oxygen atoms in total. The van der Waals surface area contributed by atoms with E-state index in [1.54, 1.807) is 21.6 Å². The Labute approximate surface area is 249 Å². The Morgan fingerprint density at radius 2 is 1.93 bits per heavy atom. The van der Waals surface area contributed by atoms with Crippen LogP contribution < -0.4 is 10.5 Å². The smallest absolute Gasteiger partial charge is 0.271 e. The molecule has 1 amide bonds. The van der Waals surface area contributed by atoms with Crippen LogP contribution in [0, 0.1) is 29.0 Å². The number of halogens is 2. The number of amides is 1. The van der Waals surface area contributed by atoms with Gasteiger partial charge in [0.15, 0.2) is 0 Å². The first-order valence-corrected chi connectivity index (χ1v) is 14.3. The van der Waals surface area contributed by atoms with E-state index in [-0.39, 0.29) is 45.7 Å². The van der Waals surface area contributed by atoms with Crippen LogP contribution in [0.1, 0.15) is 32.4 Å². The highest BCUT2D eigenvalue weighted by Crippen LogP contribution is 2.42. The Bertz CT molecular complexity index is 1750. The van der Waals surface area contributed by atoms with Crippen molar-refractivity contribution in [1.29, 1.82) is 5.26 Å². The number of benzene rings is 2. The van der Waals surface area contributed by atoms with E-state index in [1.807, 2.05) is 30.1 Å². The van der Waals surface area contributed by atoms with Gasteiger partial charge in [-0.1, -0.05) is 56.3 Å². The summed E-state index contributed by atoms with van der Waals surface area (Å²) in [6.45, 7) is 10.8. The molecule has 1 N–H and O–H groups in total. The van der Waals surface area contributed by atoms with Crippen LogP contribution in [0.2, 0.25) is 5.02 Å². The molecule has 1 aliphatic carbocycles. The van der Waals surface area contributed by atoms with Crippen LogP contribution in [0.4, 0.5) is 10.1 Å². The van der Waals surface area contributed by atoms with E-state index < -0.39 is 17.4 Å². The second kappa shape index (κ2) is 11.5. The molecule has 1 aliphatic heterocycles. The molecular formula is C33H32ClFN4O3. The normalized spacial score (nSPS) is 20.3. The van der Waals surface area contributed by atoms with E-state index in [9.17, 15) is 24.3 Å². The number of phenolic OH excluding ortho intramolecular Hbond substituents is 1. The van der Waals surface area contributed by atoms with Crippen molar-refractivity contribution >= 4 is 34.1 Å². The first kappa shape index (κ1) is 29.2. The van der Waals surface area contributed by atoms with E-state index in [2.05, 4.69) is 32.6 Å². The maximum absolute atomic E-state index is 14.4. The summed E-state index contributed by atoms with van der Waals surface area (Å²) in [6, 6.07) is 8.56. The van der Waals surface area contributed by atoms with E-state index in [1.165, 1.54) is 18.2 Å². The standard InChI is InChI=1S/C33H32ClFN4O3/c1-5-31(41)37-12-13-38(20(4)18-37)32-25-15-27(34)23(24-14-21(35)10-11-30(24)40)16-29(25)39(33(42)26(32)17-36)28-9-7-6-8-22(28)19(2)3/h5-11,14-16,19-20,22,28,40H,1,12-13,18H2,2-4H3/t20-,22?,28?/m0/s1. The van der Waals surface area contributed by atoms with Crippen molar-refractivity contribution in [3.8, 4) is 22.9 Å². The van der Waals surface area contributed by atoms with Crippen LogP contribution in [0.3, 0.4) is 0 Å². The largest absolute Gasteiger partial charge is 0.507 e. The fourth-order valence-corrected chi connectivity index (χ4v) is 6.41. The fraction of sp³-hybridized carbons (Fsp3) is 0.303. The number of carbonyl (C=O) groups excluding carboxylic acids is 1. The van der Waals surface area contributed by atoms with Crippen molar-refractivity contribution in [2.45, 2.75) is 32.9 Å². The van der Waals surface area contributed by atoms with Crippen LogP contribution in [0.15, 0.2) is 72.1 Å². The van der Waals surface area contributed by atoms with Gasteiger partial charge in [-0.2, -0.15) is 5.26 Å². The number of aromatic nitrogens is 1. The molecule has 0 spiro atoms. The summed E-state index contributed by atoms with van der Waals surface area (Å²) in [5.74, 6) is -0.738. The maximum atomic E-state index is 14.4. The molecule has 0 saturated carbocycles. The summed E-state index contributed by atoms with van der Waals surface area (Å²) in [5.41, 5.74) is 1.03. The molecule has 2 aliphatic rings. The minimum atomic E-state index is -0.544. The Hall–Kier alpha value is -4.35. The second-order valence-electron chi connectivity index (χ2n) is 11.1. The molecule has 3 atom stereocenters. The van der Waals surface area contributed by atoms with E-state index >= 15 is 0 Å². The zero-order valence-corrected chi connectivity index (χ0v) is 24.5. The lowest BCUT2D eigenvalue weighted by Crippen LogP contribution is -2.54. The number of hydrogen-bond acceptors (Lipinski definition) is 5. The first-order chi connectivity index (χ1) is 20.1. The number of piperazine rings is 1. The van der Waals surface area contributed by atoms with Gasteiger partial charge >= 0.3 is 0 Å². The van der Waals surface area contributed by atoms with Gasteiger partial charge in [-0.15, -0.1) is 0 Å². The van der Waals surface area contributed by atoms with Gasteiger partial charge in [-0.25, -0.2) is 4.39 Å². The Morgan fingerprint density at radius 1 is 1.19 bits per heavy atom. The fourth-order valence-electron chi connectivity index (χ4n) is 6.15. The molecule has 2 aromatic carbocycles. The summed E-state index contributed by atoms with van der Waals surface area (Å²) < 4.78 is 15.9. The lowest BCUT2D eigenvalue weighted by atomic mass is 9.84. The molecule has 0 bridgehead atoms. The predicted molar refractivity (Wildman–Crippen MR) is 164 cm³/mol. The van der Waals surface area contributed by atoms with Crippen molar-refractivity contribution in [2.75, 3.05) is 24.5 Å². The summed E-state index contributed by atoms with van der Waals surface area (Å²) in [6.07, 6.45) is 9.12. The Kier molecular flexibility index (Phi) is 7.98. The van der Waals surface area contributed by atoms with Crippen molar-refractivity contribution in [1.82, 2.24) is 9.47 Å². The van der Waals surface area contributed by atoms with Crippen molar-refractivity contribution in [3.63, 3.8) is 0 Å². The molecule has 2 unspecified atom stereocenters. The van der Waals surface area contributed by atoms with Crippen LogP contribution in [-0.2, 0) is 4.79 Å². The van der Waals surface area contributed by atoms with E-state index in [0.29, 0.717) is 41.8 Å². The molecule has 2 heterocycles. The van der Waals surface area contributed by atoms with Crippen molar-refractivity contribution < 1.29 is 14.3 Å². The van der Waals surface area contributed by atoms with Gasteiger partial charge in [0.25, 0.3) is 5.56 Å². The highest BCUT2D eigenvalue weighted by atomic mass is 35.5.